The van der Waals surface area contributed by atoms with Crippen LogP contribution in [0.25, 0.3) is 0 Å². The molecule has 0 spiro atoms. The van der Waals surface area contributed by atoms with Gasteiger partial charge in [0, 0.05) is 6.42 Å². The van der Waals surface area contributed by atoms with Gasteiger partial charge in [0.2, 0.25) is 5.78 Å². The van der Waals surface area contributed by atoms with Crippen molar-refractivity contribution in [2.75, 3.05) is 0 Å². The molecule has 2 atom stereocenters. The number of hydrogen-bond donors (Lipinski definition) is 3. The van der Waals surface area contributed by atoms with Crippen LogP contribution in [-0.4, -0.2) is 45.6 Å². The number of aldehydes is 1. The molecule has 0 aromatic carbocycles. The Bertz CT molecular complexity index is 198. The van der Waals surface area contributed by atoms with E-state index in [2.05, 4.69) is 0 Å². The van der Waals surface area contributed by atoms with Crippen molar-refractivity contribution >= 4 is 18.0 Å². The molecule has 0 aromatic rings. The fourth-order valence-corrected chi connectivity index (χ4v) is 0.489. The van der Waals surface area contributed by atoms with E-state index in [-0.39, 0.29) is 6.29 Å². The van der Waals surface area contributed by atoms with E-state index >= 15 is 0 Å². The van der Waals surface area contributed by atoms with E-state index in [4.69, 9.17) is 15.3 Å². The van der Waals surface area contributed by atoms with Crippen molar-refractivity contribution in [3.05, 3.63) is 0 Å². The maximum atomic E-state index is 10.4. The van der Waals surface area contributed by atoms with Crippen molar-refractivity contribution in [3.8, 4) is 0 Å². The minimum Gasteiger partial charge on any atom is -0.475 e. The summed E-state index contributed by atoms with van der Waals surface area (Å²) in [5.74, 6) is -2.95. The number of aliphatic carboxylic acids is 1. The Hall–Kier alpha value is -1.27. The number of carboxylic acid groups (broad SMARTS) is 1. The molecule has 0 saturated carbocycles. The van der Waals surface area contributed by atoms with Crippen LogP contribution in [0.15, 0.2) is 0 Å². The summed E-state index contributed by atoms with van der Waals surface area (Å²) in [6.07, 6.45) is -4.10. The van der Waals surface area contributed by atoms with E-state index < -0.39 is 30.4 Å². The number of carbonyl (C=O) groups is 3. The standard InChI is InChI=1S/C6H8O6/c7-2-5(10)3(8)1-4(9)6(11)12/h2-3,5,8,10H,1H2,(H,11,12)/t3-,5+/m1/s1. The number of Topliss-reactive ketones (excluding diaryl/α,β-unsaturated/α-hetero) is 1. The Balaban J connectivity index is 4.00. The maximum absolute atomic E-state index is 10.4. The van der Waals surface area contributed by atoms with Gasteiger partial charge in [0.05, 0.1) is 6.10 Å². The minimum absolute atomic E-state index is 0.0276. The number of aliphatic hydroxyl groups is 2. The number of ketones is 1. The summed E-state index contributed by atoms with van der Waals surface area (Å²) < 4.78 is 0. The van der Waals surface area contributed by atoms with Gasteiger partial charge in [-0.05, 0) is 0 Å². The lowest BCUT2D eigenvalue weighted by Gasteiger charge is -2.09. The van der Waals surface area contributed by atoms with Crippen LogP contribution in [0.2, 0.25) is 0 Å². The van der Waals surface area contributed by atoms with Crippen LogP contribution in [0, 0.1) is 0 Å². The van der Waals surface area contributed by atoms with Crippen molar-refractivity contribution < 1.29 is 29.7 Å². The van der Waals surface area contributed by atoms with E-state index in [1.54, 1.807) is 0 Å². The Kier molecular flexibility index (Phi) is 4.09. The van der Waals surface area contributed by atoms with Gasteiger partial charge in [-0.2, -0.15) is 0 Å². The highest BCUT2D eigenvalue weighted by Crippen LogP contribution is 1.97. The molecule has 0 unspecified atom stereocenters. The van der Waals surface area contributed by atoms with Crippen molar-refractivity contribution in [1.29, 1.82) is 0 Å². The molecule has 0 heterocycles. The summed E-state index contributed by atoms with van der Waals surface area (Å²) in [5.41, 5.74) is 0. The topological polar surface area (TPSA) is 112 Å². The zero-order valence-corrected chi connectivity index (χ0v) is 6.01. The van der Waals surface area contributed by atoms with Crippen LogP contribution in [0.3, 0.4) is 0 Å². The van der Waals surface area contributed by atoms with Gasteiger partial charge in [0.25, 0.3) is 0 Å². The quantitative estimate of drug-likeness (QED) is 0.328. The third-order valence-electron chi connectivity index (χ3n) is 1.17. The van der Waals surface area contributed by atoms with Crippen LogP contribution in [-0.2, 0) is 14.4 Å². The normalized spacial score (nSPS) is 14.8. The predicted octanol–water partition coefficient (Wildman–Crippen LogP) is -2.05. The third kappa shape index (κ3) is 3.22. The molecular weight excluding hydrogens is 168 g/mol. The minimum atomic E-state index is -1.71. The fourth-order valence-electron chi connectivity index (χ4n) is 0.489. The van der Waals surface area contributed by atoms with Crippen molar-refractivity contribution in [2.24, 2.45) is 0 Å². The first-order valence-electron chi connectivity index (χ1n) is 3.06. The SMILES string of the molecule is O=C[C@H](O)[C@H](O)CC(=O)C(=O)O. The molecule has 0 aliphatic carbocycles. The Morgan fingerprint density at radius 3 is 2.17 bits per heavy atom. The Morgan fingerprint density at radius 1 is 1.33 bits per heavy atom. The largest absolute Gasteiger partial charge is 0.475 e. The van der Waals surface area contributed by atoms with Gasteiger partial charge in [-0.3, -0.25) is 4.79 Å². The fraction of sp³-hybridized carbons (Fsp3) is 0.500. The molecule has 0 saturated heterocycles. The molecule has 0 radical (unpaired) electrons. The zero-order valence-electron chi connectivity index (χ0n) is 6.01. The van der Waals surface area contributed by atoms with E-state index in [0.717, 1.165) is 0 Å². The van der Waals surface area contributed by atoms with E-state index in [0.29, 0.717) is 0 Å². The maximum Gasteiger partial charge on any atom is 0.372 e. The molecule has 0 bridgehead atoms. The number of carbonyl (C=O) groups excluding carboxylic acids is 2. The van der Waals surface area contributed by atoms with Crippen LogP contribution in [0.5, 0.6) is 0 Å². The van der Waals surface area contributed by atoms with E-state index in [1.165, 1.54) is 0 Å². The lowest BCUT2D eigenvalue weighted by Crippen LogP contribution is -2.31. The second kappa shape index (κ2) is 4.58. The lowest BCUT2D eigenvalue weighted by atomic mass is 10.1. The Morgan fingerprint density at radius 2 is 1.83 bits per heavy atom. The van der Waals surface area contributed by atoms with Gasteiger partial charge in [-0.1, -0.05) is 0 Å². The van der Waals surface area contributed by atoms with Crippen LogP contribution in [0.4, 0.5) is 0 Å². The van der Waals surface area contributed by atoms with E-state index in [9.17, 15) is 14.4 Å². The highest BCUT2D eigenvalue weighted by Gasteiger charge is 2.22. The van der Waals surface area contributed by atoms with Gasteiger partial charge >= 0.3 is 5.97 Å². The van der Waals surface area contributed by atoms with Crippen molar-refractivity contribution in [1.82, 2.24) is 0 Å². The third-order valence-corrected chi connectivity index (χ3v) is 1.17. The highest BCUT2D eigenvalue weighted by molar-refractivity contribution is 6.32. The van der Waals surface area contributed by atoms with Crippen LogP contribution in [0.1, 0.15) is 6.42 Å². The molecule has 12 heavy (non-hydrogen) atoms. The average molecular weight is 176 g/mol. The first-order chi connectivity index (χ1) is 5.49. The van der Waals surface area contributed by atoms with Gasteiger partial charge in [0.15, 0.2) is 6.29 Å². The second-order valence-electron chi connectivity index (χ2n) is 2.13. The molecule has 0 fully saturated rings. The van der Waals surface area contributed by atoms with Crippen LogP contribution < -0.4 is 0 Å². The number of hydrogen-bond acceptors (Lipinski definition) is 5. The summed E-state index contributed by atoms with van der Waals surface area (Å²) in [6, 6.07) is 0. The average Bonchev–Trinajstić information content (AvgIpc) is 2.02. The summed E-state index contributed by atoms with van der Waals surface area (Å²) in [6.45, 7) is 0. The summed E-state index contributed by atoms with van der Waals surface area (Å²) >= 11 is 0. The molecule has 68 valence electrons. The number of rotatable bonds is 5. The first-order valence-corrected chi connectivity index (χ1v) is 3.06. The molecule has 3 N–H and O–H groups in total. The van der Waals surface area contributed by atoms with Crippen LogP contribution >= 0.6 is 0 Å². The first kappa shape index (κ1) is 10.7. The van der Waals surface area contributed by atoms with E-state index in [1.807, 2.05) is 0 Å². The molecule has 0 rings (SSSR count). The van der Waals surface area contributed by atoms with Gasteiger partial charge in [0.1, 0.15) is 6.10 Å². The summed E-state index contributed by atoms with van der Waals surface area (Å²) in [4.78, 5) is 30.1. The van der Waals surface area contributed by atoms with Gasteiger partial charge < -0.3 is 20.1 Å². The van der Waals surface area contributed by atoms with Gasteiger partial charge in [-0.25, -0.2) is 4.79 Å². The molecule has 0 aliphatic heterocycles. The molecule has 6 heteroatoms. The molecule has 0 aromatic heterocycles. The Labute approximate surface area is 67.4 Å². The molecular formula is C6H8O6. The number of aliphatic hydroxyl groups excluding tert-OH is 2. The van der Waals surface area contributed by atoms with Gasteiger partial charge in [-0.15, -0.1) is 0 Å². The highest BCUT2D eigenvalue weighted by atomic mass is 16.4. The molecule has 0 amide bonds. The van der Waals surface area contributed by atoms with Crippen molar-refractivity contribution in [2.45, 2.75) is 18.6 Å². The zero-order chi connectivity index (χ0) is 9.72. The summed E-state index contributed by atoms with van der Waals surface area (Å²) in [5, 5.41) is 25.4. The summed E-state index contributed by atoms with van der Waals surface area (Å²) in [7, 11) is 0. The lowest BCUT2D eigenvalue weighted by molar-refractivity contribution is -0.151. The second-order valence-corrected chi connectivity index (χ2v) is 2.13. The molecule has 0 aliphatic rings. The van der Waals surface area contributed by atoms with Crippen molar-refractivity contribution in [3.63, 3.8) is 0 Å². The number of carboxylic acids is 1. The monoisotopic (exact) mass is 176 g/mol. The molecule has 6 nitrogen and oxygen atoms in total. The smallest absolute Gasteiger partial charge is 0.372 e. The predicted molar refractivity (Wildman–Crippen MR) is 35.3 cm³/mol.